The molecular formula is C10H15N3O3. The van der Waals surface area contributed by atoms with Gasteiger partial charge in [-0.3, -0.25) is 9.59 Å². The van der Waals surface area contributed by atoms with Gasteiger partial charge in [-0.25, -0.2) is 0 Å². The van der Waals surface area contributed by atoms with Crippen molar-refractivity contribution in [3.63, 3.8) is 0 Å². The highest BCUT2D eigenvalue weighted by Gasteiger charge is 2.15. The third-order valence-corrected chi connectivity index (χ3v) is 1.99. The lowest BCUT2D eigenvalue weighted by Gasteiger charge is -2.09. The predicted molar refractivity (Wildman–Crippen MR) is 57.1 cm³/mol. The van der Waals surface area contributed by atoms with Gasteiger partial charge in [0.2, 0.25) is 11.8 Å². The molecule has 0 aliphatic carbocycles. The standard InChI is InChI=1S/C10H15N3O3/c1-6-2-3-7(16-6)5-13-10(15)8(11)4-9(12)14/h2-3,8H,4-5,11H2,1H3,(H2,12,14)(H,13,15). The Labute approximate surface area is 93.0 Å². The Kier molecular flexibility index (Phi) is 4.07. The number of nitrogens with two attached hydrogens (primary N) is 2. The summed E-state index contributed by atoms with van der Waals surface area (Å²) >= 11 is 0. The molecule has 16 heavy (non-hydrogen) atoms. The quantitative estimate of drug-likeness (QED) is 0.621. The summed E-state index contributed by atoms with van der Waals surface area (Å²) in [5.41, 5.74) is 10.4. The first kappa shape index (κ1) is 12.3. The molecule has 6 heteroatoms. The van der Waals surface area contributed by atoms with Crippen LogP contribution in [0.2, 0.25) is 0 Å². The number of hydrogen-bond acceptors (Lipinski definition) is 4. The minimum atomic E-state index is -0.909. The number of carbonyl (C=O) groups excluding carboxylic acids is 2. The molecule has 1 heterocycles. The predicted octanol–water partition coefficient (Wildman–Crippen LogP) is -0.593. The molecule has 6 nitrogen and oxygen atoms in total. The lowest BCUT2D eigenvalue weighted by molar-refractivity contribution is -0.126. The number of amides is 2. The molecule has 1 aromatic heterocycles. The lowest BCUT2D eigenvalue weighted by Crippen LogP contribution is -2.42. The van der Waals surface area contributed by atoms with E-state index in [1.807, 2.05) is 6.92 Å². The zero-order valence-electron chi connectivity index (χ0n) is 9.03. The van der Waals surface area contributed by atoms with E-state index in [1.54, 1.807) is 12.1 Å². The van der Waals surface area contributed by atoms with E-state index in [0.717, 1.165) is 5.76 Å². The Hall–Kier alpha value is -1.82. The molecule has 0 radical (unpaired) electrons. The molecule has 1 rings (SSSR count). The van der Waals surface area contributed by atoms with Crippen LogP contribution in [0.25, 0.3) is 0 Å². The maximum atomic E-state index is 11.4. The highest BCUT2D eigenvalue weighted by molar-refractivity contribution is 5.87. The van der Waals surface area contributed by atoms with Gasteiger partial charge in [0.15, 0.2) is 0 Å². The monoisotopic (exact) mass is 225 g/mol. The van der Waals surface area contributed by atoms with Crippen LogP contribution in [0.4, 0.5) is 0 Å². The van der Waals surface area contributed by atoms with Gasteiger partial charge >= 0.3 is 0 Å². The fourth-order valence-corrected chi connectivity index (χ4v) is 1.19. The average Bonchev–Trinajstić information content (AvgIpc) is 2.59. The van der Waals surface area contributed by atoms with Crippen molar-refractivity contribution in [1.82, 2.24) is 5.32 Å². The van der Waals surface area contributed by atoms with Crippen molar-refractivity contribution < 1.29 is 14.0 Å². The summed E-state index contributed by atoms with van der Waals surface area (Å²) in [5, 5.41) is 2.55. The fourth-order valence-electron chi connectivity index (χ4n) is 1.19. The average molecular weight is 225 g/mol. The van der Waals surface area contributed by atoms with Gasteiger partial charge in [-0.2, -0.15) is 0 Å². The largest absolute Gasteiger partial charge is 0.465 e. The van der Waals surface area contributed by atoms with Crippen molar-refractivity contribution in [1.29, 1.82) is 0 Å². The second-order valence-electron chi connectivity index (χ2n) is 3.51. The van der Waals surface area contributed by atoms with Crippen molar-refractivity contribution in [2.75, 3.05) is 0 Å². The van der Waals surface area contributed by atoms with E-state index in [0.29, 0.717) is 5.76 Å². The number of hydrogen-bond donors (Lipinski definition) is 3. The summed E-state index contributed by atoms with van der Waals surface area (Å²) < 4.78 is 5.25. The molecular weight excluding hydrogens is 210 g/mol. The molecule has 88 valence electrons. The van der Waals surface area contributed by atoms with Gasteiger partial charge in [0.25, 0.3) is 0 Å². The molecule has 0 saturated carbocycles. The van der Waals surface area contributed by atoms with Crippen LogP contribution in [-0.4, -0.2) is 17.9 Å². The summed E-state index contributed by atoms with van der Waals surface area (Å²) in [5.74, 6) is 0.382. The van der Waals surface area contributed by atoms with Gasteiger partial charge in [0.05, 0.1) is 19.0 Å². The maximum absolute atomic E-state index is 11.4. The Morgan fingerprint density at radius 1 is 1.50 bits per heavy atom. The van der Waals surface area contributed by atoms with E-state index in [-0.39, 0.29) is 13.0 Å². The molecule has 0 aliphatic heterocycles. The van der Waals surface area contributed by atoms with Gasteiger partial charge in [0.1, 0.15) is 11.5 Å². The highest BCUT2D eigenvalue weighted by atomic mass is 16.3. The third-order valence-electron chi connectivity index (χ3n) is 1.99. The third kappa shape index (κ3) is 3.74. The fraction of sp³-hybridized carbons (Fsp3) is 0.400. The second kappa shape index (κ2) is 5.32. The van der Waals surface area contributed by atoms with E-state index in [4.69, 9.17) is 15.9 Å². The number of rotatable bonds is 5. The van der Waals surface area contributed by atoms with Crippen molar-refractivity contribution >= 4 is 11.8 Å². The van der Waals surface area contributed by atoms with Crippen molar-refractivity contribution in [2.24, 2.45) is 11.5 Å². The van der Waals surface area contributed by atoms with Crippen LogP contribution in [0.3, 0.4) is 0 Å². The van der Waals surface area contributed by atoms with Crippen molar-refractivity contribution in [3.05, 3.63) is 23.7 Å². The maximum Gasteiger partial charge on any atom is 0.237 e. The van der Waals surface area contributed by atoms with Gasteiger partial charge in [-0.15, -0.1) is 0 Å². The molecule has 0 bridgehead atoms. The first-order valence-corrected chi connectivity index (χ1v) is 4.86. The first-order valence-electron chi connectivity index (χ1n) is 4.86. The van der Waals surface area contributed by atoms with Crippen LogP contribution in [0.5, 0.6) is 0 Å². The van der Waals surface area contributed by atoms with E-state index < -0.39 is 17.9 Å². The van der Waals surface area contributed by atoms with Crippen LogP contribution >= 0.6 is 0 Å². The Morgan fingerprint density at radius 2 is 2.19 bits per heavy atom. The molecule has 5 N–H and O–H groups in total. The van der Waals surface area contributed by atoms with E-state index >= 15 is 0 Å². The summed E-state index contributed by atoms with van der Waals surface area (Å²) in [7, 11) is 0. The van der Waals surface area contributed by atoms with Crippen LogP contribution in [0, 0.1) is 6.92 Å². The molecule has 0 spiro atoms. The Balaban J connectivity index is 2.37. The van der Waals surface area contributed by atoms with E-state index in [1.165, 1.54) is 0 Å². The minimum absolute atomic E-state index is 0.164. The van der Waals surface area contributed by atoms with E-state index in [9.17, 15) is 9.59 Å². The normalized spacial score (nSPS) is 12.1. The van der Waals surface area contributed by atoms with Crippen molar-refractivity contribution in [2.45, 2.75) is 25.9 Å². The Bertz CT molecular complexity index is 386. The zero-order valence-corrected chi connectivity index (χ0v) is 9.03. The van der Waals surface area contributed by atoms with E-state index in [2.05, 4.69) is 5.32 Å². The number of nitrogens with one attached hydrogen (secondary N) is 1. The zero-order chi connectivity index (χ0) is 12.1. The summed E-state index contributed by atoms with van der Waals surface area (Å²) in [6, 6.07) is 2.65. The molecule has 0 fully saturated rings. The number of furan rings is 1. The van der Waals surface area contributed by atoms with Crippen LogP contribution < -0.4 is 16.8 Å². The minimum Gasteiger partial charge on any atom is -0.465 e. The van der Waals surface area contributed by atoms with Crippen molar-refractivity contribution in [3.8, 4) is 0 Å². The van der Waals surface area contributed by atoms with Gasteiger partial charge in [-0.05, 0) is 19.1 Å². The van der Waals surface area contributed by atoms with Gasteiger partial charge < -0.3 is 21.2 Å². The van der Waals surface area contributed by atoms with Crippen LogP contribution in [-0.2, 0) is 16.1 Å². The molecule has 0 aromatic carbocycles. The smallest absolute Gasteiger partial charge is 0.237 e. The molecule has 2 amide bonds. The molecule has 1 aromatic rings. The van der Waals surface area contributed by atoms with Gasteiger partial charge in [-0.1, -0.05) is 0 Å². The topological polar surface area (TPSA) is 111 Å². The molecule has 0 saturated heterocycles. The number of carbonyl (C=O) groups is 2. The summed E-state index contributed by atoms with van der Waals surface area (Å²) in [6.45, 7) is 2.06. The summed E-state index contributed by atoms with van der Waals surface area (Å²) in [4.78, 5) is 21.9. The number of aryl methyl sites for hydroxylation is 1. The molecule has 1 unspecified atom stereocenters. The summed E-state index contributed by atoms with van der Waals surface area (Å²) in [6.07, 6.45) is -0.164. The van der Waals surface area contributed by atoms with Crippen LogP contribution in [0.1, 0.15) is 17.9 Å². The highest BCUT2D eigenvalue weighted by Crippen LogP contribution is 2.05. The SMILES string of the molecule is Cc1ccc(CNC(=O)C(N)CC(N)=O)o1. The first-order chi connectivity index (χ1) is 7.49. The Morgan fingerprint density at radius 3 is 2.69 bits per heavy atom. The number of primary amides is 1. The van der Waals surface area contributed by atoms with Crippen LogP contribution in [0.15, 0.2) is 16.5 Å². The molecule has 0 aliphatic rings. The molecule has 1 atom stereocenters. The lowest BCUT2D eigenvalue weighted by atomic mass is 10.2. The van der Waals surface area contributed by atoms with Gasteiger partial charge in [0, 0.05) is 0 Å². The second-order valence-corrected chi connectivity index (χ2v) is 3.51.